The molecule has 2 aliphatic heterocycles. The lowest BCUT2D eigenvalue weighted by Crippen LogP contribution is -2.56. The number of hydrogen-bond acceptors (Lipinski definition) is 3. The first-order valence-electron chi connectivity index (χ1n) is 6.81. The number of hydrogen-bond donors (Lipinski definition) is 0. The minimum absolute atomic E-state index is 0.0528. The monoisotopic (exact) mass is 294 g/mol. The van der Waals surface area contributed by atoms with Crippen LogP contribution in [0.15, 0.2) is 24.3 Å². The van der Waals surface area contributed by atoms with Gasteiger partial charge in [-0.15, -0.1) is 0 Å². The number of rotatable bonds is 2. The van der Waals surface area contributed by atoms with Gasteiger partial charge in [-0.05, 0) is 24.5 Å². The van der Waals surface area contributed by atoms with Crippen LogP contribution in [0.3, 0.4) is 0 Å². The third kappa shape index (κ3) is 2.33. The van der Waals surface area contributed by atoms with Gasteiger partial charge in [0.25, 0.3) is 0 Å². The molecule has 1 saturated heterocycles. The van der Waals surface area contributed by atoms with E-state index >= 15 is 0 Å². The Morgan fingerprint density at radius 3 is 2.65 bits per heavy atom. The van der Waals surface area contributed by atoms with Gasteiger partial charge < -0.3 is 4.90 Å². The van der Waals surface area contributed by atoms with Gasteiger partial charge in [-0.3, -0.25) is 4.79 Å². The van der Waals surface area contributed by atoms with Gasteiger partial charge in [0.05, 0.1) is 12.2 Å². The van der Waals surface area contributed by atoms with Crippen molar-refractivity contribution in [3.63, 3.8) is 0 Å². The molecule has 0 spiro atoms. The SMILES string of the molecule is CS(=O)(=O)N1CC(C(=O)N2CCCc3ccccc32)C1. The molecule has 0 atom stereocenters. The number of para-hydroxylation sites is 1. The van der Waals surface area contributed by atoms with Crippen molar-refractivity contribution >= 4 is 21.6 Å². The van der Waals surface area contributed by atoms with E-state index < -0.39 is 10.0 Å². The second-order valence-electron chi connectivity index (χ2n) is 5.50. The summed E-state index contributed by atoms with van der Waals surface area (Å²) in [5.74, 6) is -0.145. The summed E-state index contributed by atoms with van der Waals surface area (Å²) in [6.07, 6.45) is 3.15. The highest BCUT2D eigenvalue weighted by Gasteiger charge is 2.40. The zero-order valence-corrected chi connectivity index (χ0v) is 12.3. The molecule has 1 fully saturated rings. The van der Waals surface area contributed by atoms with Crippen LogP contribution < -0.4 is 4.90 Å². The quantitative estimate of drug-likeness (QED) is 0.813. The van der Waals surface area contributed by atoms with E-state index in [0.29, 0.717) is 13.1 Å². The Morgan fingerprint density at radius 1 is 1.25 bits per heavy atom. The van der Waals surface area contributed by atoms with Crippen LogP contribution >= 0.6 is 0 Å². The Balaban J connectivity index is 1.74. The van der Waals surface area contributed by atoms with E-state index in [-0.39, 0.29) is 11.8 Å². The van der Waals surface area contributed by atoms with Crippen molar-refractivity contribution in [2.75, 3.05) is 30.8 Å². The molecule has 0 radical (unpaired) electrons. The van der Waals surface area contributed by atoms with Crippen molar-refractivity contribution in [2.24, 2.45) is 5.92 Å². The van der Waals surface area contributed by atoms with E-state index in [0.717, 1.165) is 25.1 Å². The number of carbonyl (C=O) groups is 1. The summed E-state index contributed by atoms with van der Waals surface area (Å²) in [5.41, 5.74) is 2.19. The second kappa shape index (κ2) is 4.86. The van der Waals surface area contributed by atoms with Gasteiger partial charge in [0.15, 0.2) is 0 Å². The number of aryl methyl sites for hydroxylation is 1. The fourth-order valence-electron chi connectivity index (χ4n) is 2.85. The molecule has 1 aromatic rings. The van der Waals surface area contributed by atoms with Crippen molar-refractivity contribution in [1.29, 1.82) is 0 Å². The van der Waals surface area contributed by atoms with E-state index in [9.17, 15) is 13.2 Å². The number of anilines is 1. The van der Waals surface area contributed by atoms with Gasteiger partial charge in [-0.1, -0.05) is 18.2 Å². The first-order valence-corrected chi connectivity index (χ1v) is 8.66. The molecule has 0 N–H and O–H groups in total. The molecule has 2 aliphatic rings. The maximum atomic E-state index is 12.5. The maximum absolute atomic E-state index is 12.5. The number of benzene rings is 1. The summed E-state index contributed by atoms with van der Waals surface area (Å²) in [6.45, 7) is 1.36. The molecule has 1 aromatic carbocycles. The summed E-state index contributed by atoms with van der Waals surface area (Å²) >= 11 is 0. The third-order valence-corrected chi connectivity index (χ3v) is 5.28. The van der Waals surface area contributed by atoms with E-state index in [1.807, 2.05) is 23.1 Å². The Bertz CT molecular complexity index is 636. The minimum Gasteiger partial charge on any atom is -0.312 e. The molecular formula is C14H18N2O3S. The van der Waals surface area contributed by atoms with Crippen LogP contribution in [0.2, 0.25) is 0 Å². The summed E-state index contributed by atoms with van der Waals surface area (Å²) in [4.78, 5) is 14.3. The number of fused-ring (bicyclic) bond motifs is 1. The first kappa shape index (κ1) is 13.6. The van der Waals surface area contributed by atoms with E-state index in [2.05, 4.69) is 6.07 Å². The van der Waals surface area contributed by atoms with Crippen LogP contribution in [-0.4, -0.2) is 44.5 Å². The number of nitrogens with zero attached hydrogens (tertiary/aromatic N) is 2. The molecule has 108 valence electrons. The van der Waals surface area contributed by atoms with Crippen LogP contribution in [0.4, 0.5) is 5.69 Å². The summed E-state index contributed by atoms with van der Waals surface area (Å²) in [7, 11) is -3.16. The van der Waals surface area contributed by atoms with E-state index in [4.69, 9.17) is 0 Å². The Hall–Kier alpha value is -1.40. The molecule has 5 nitrogen and oxygen atoms in total. The van der Waals surface area contributed by atoms with Crippen LogP contribution in [0.25, 0.3) is 0 Å². The van der Waals surface area contributed by atoms with Crippen LogP contribution in [0, 0.1) is 5.92 Å². The number of carbonyl (C=O) groups excluding carboxylic acids is 1. The van der Waals surface area contributed by atoms with E-state index in [1.165, 1.54) is 16.1 Å². The predicted molar refractivity (Wildman–Crippen MR) is 77.0 cm³/mol. The molecule has 0 aliphatic carbocycles. The molecule has 0 aromatic heterocycles. The zero-order chi connectivity index (χ0) is 14.3. The van der Waals surface area contributed by atoms with Gasteiger partial charge in [0, 0.05) is 25.3 Å². The second-order valence-corrected chi connectivity index (χ2v) is 7.48. The van der Waals surface area contributed by atoms with Gasteiger partial charge in [0.1, 0.15) is 0 Å². The maximum Gasteiger partial charge on any atom is 0.232 e. The minimum atomic E-state index is -3.16. The molecular weight excluding hydrogens is 276 g/mol. The highest BCUT2D eigenvalue weighted by atomic mass is 32.2. The normalized spacial score (nSPS) is 20.4. The fourth-order valence-corrected chi connectivity index (χ4v) is 3.75. The Labute approximate surface area is 119 Å². The molecule has 1 amide bonds. The standard InChI is InChI=1S/C14H18N2O3S/c1-20(18,19)15-9-12(10-15)14(17)16-8-4-6-11-5-2-3-7-13(11)16/h2-3,5,7,12H,4,6,8-10H2,1H3. The molecule has 0 saturated carbocycles. The number of sulfonamides is 1. The predicted octanol–water partition coefficient (Wildman–Crippen LogP) is 0.857. The van der Waals surface area contributed by atoms with Gasteiger partial charge in [0.2, 0.25) is 15.9 Å². The van der Waals surface area contributed by atoms with E-state index in [1.54, 1.807) is 0 Å². The third-order valence-electron chi connectivity index (χ3n) is 4.04. The highest BCUT2D eigenvalue weighted by molar-refractivity contribution is 7.88. The average Bonchev–Trinajstić information content (AvgIpc) is 2.34. The van der Waals surface area contributed by atoms with Crippen LogP contribution in [-0.2, 0) is 21.2 Å². The largest absolute Gasteiger partial charge is 0.312 e. The molecule has 6 heteroatoms. The molecule has 0 unspecified atom stereocenters. The summed E-state index contributed by atoms with van der Waals surface area (Å²) in [5, 5.41) is 0. The average molecular weight is 294 g/mol. The summed E-state index contributed by atoms with van der Waals surface area (Å²) < 4.78 is 24.1. The lowest BCUT2D eigenvalue weighted by Gasteiger charge is -2.40. The van der Waals surface area contributed by atoms with Crippen LogP contribution in [0.5, 0.6) is 0 Å². The van der Waals surface area contributed by atoms with Crippen molar-refractivity contribution in [3.05, 3.63) is 29.8 Å². The van der Waals surface area contributed by atoms with Gasteiger partial charge in [-0.2, -0.15) is 0 Å². The number of amides is 1. The Kier molecular flexibility index (Phi) is 3.30. The molecule has 0 bridgehead atoms. The van der Waals surface area contributed by atoms with Crippen molar-refractivity contribution in [1.82, 2.24) is 4.31 Å². The van der Waals surface area contributed by atoms with Crippen molar-refractivity contribution in [2.45, 2.75) is 12.8 Å². The lowest BCUT2D eigenvalue weighted by atomic mass is 9.97. The van der Waals surface area contributed by atoms with Crippen molar-refractivity contribution < 1.29 is 13.2 Å². The lowest BCUT2D eigenvalue weighted by molar-refractivity contribution is -0.125. The molecule has 3 rings (SSSR count). The van der Waals surface area contributed by atoms with Gasteiger partial charge >= 0.3 is 0 Å². The van der Waals surface area contributed by atoms with Gasteiger partial charge in [-0.25, -0.2) is 12.7 Å². The van der Waals surface area contributed by atoms with Crippen molar-refractivity contribution in [3.8, 4) is 0 Å². The highest BCUT2D eigenvalue weighted by Crippen LogP contribution is 2.30. The molecule has 20 heavy (non-hydrogen) atoms. The first-order chi connectivity index (χ1) is 9.47. The fraction of sp³-hybridized carbons (Fsp3) is 0.500. The smallest absolute Gasteiger partial charge is 0.232 e. The zero-order valence-electron chi connectivity index (χ0n) is 11.4. The Morgan fingerprint density at radius 2 is 1.95 bits per heavy atom. The molecule has 2 heterocycles. The summed E-state index contributed by atoms with van der Waals surface area (Å²) in [6, 6.07) is 7.95. The van der Waals surface area contributed by atoms with Crippen LogP contribution in [0.1, 0.15) is 12.0 Å². The topological polar surface area (TPSA) is 57.7 Å².